The van der Waals surface area contributed by atoms with Gasteiger partial charge in [-0.15, -0.1) is 11.3 Å². The number of nitrogens with one attached hydrogen (secondary N) is 1. The minimum absolute atomic E-state index is 0.319. The molecule has 0 amide bonds. The summed E-state index contributed by atoms with van der Waals surface area (Å²) in [4.78, 5) is 12.8. The molecule has 112 valence electrons. The van der Waals surface area contributed by atoms with Crippen molar-refractivity contribution in [2.75, 3.05) is 7.11 Å². The van der Waals surface area contributed by atoms with Crippen LogP contribution in [0.2, 0.25) is 0 Å². The molecule has 1 heterocycles. The third-order valence-corrected chi connectivity index (χ3v) is 5.03. The van der Waals surface area contributed by atoms with Crippen molar-refractivity contribution >= 4 is 33.2 Å². The summed E-state index contributed by atoms with van der Waals surface area (Å²) < 4.78 is 5.64. The van der Waals surface area contributed by atoms with Crippen molar-refractivity contribution in [2.45, 2.75) is 25.9 Å². The van der Waals surface area contributed by atoms with Crippen LogP contribution in [-0.2, 0) is 11.3 Å². The molecule has 0 aliphatic heterocycles. The molecule has 1 unspecified atom stereocenters. The zero-order valence-electron chi connectivity index (χ0n) is 12.1. The Kier molecular flexibility index (Phi) is 5.96. The second kappa shape index (κ2) is 7.73. The summed E-state index contributed by atoms with van der Waals surface area (Å²) in [6, 6.07) is 10.1. The third kappa shape index (κ3) is 4.15. The fourth-order valence-electron chi connectivity index (χ4n) is 2.10. The largest absolute Gasteiger partial charge is 0.465 e. The van der Waals surface area contributed by atoms with Gasteiger partial charge in [-0.05, 0) is 35.6 Å². The maximum absolute atomic E-state index is 11.5. The summed E-state index contributed by atoms with van der Waals surface area (Å²) in [5.41, 5.74) is 1.68. The molecule has 0 radical (unpaired) electrons. The van der Waals surface area contributed by atoms with Gasteiger partial charge in [-0.1, -0.05) is 35.0 Å². The monoisotopic (exact) mass is 367 g/mol. The molecule has 0 saturated carbocycles. The smallest absolute Gasteiger partial charge is 0.337 e. The number of carbonyl (C=O) groups excluding carboxylic acids is 1. The second-order valence-electron chi connectivity index (χ2n) is 4.65. The van der Waals surface area contributed by atoms with E-state index < -0.39 is 0 Å². The molecule has 0 aliphatic rings. The number of esters is 1. The molecule has 0 spiro atoms. The maximum Gasteiger partial charge on any atom is 0.337 e. The van der Waals surface area contributed by atoms with Crippen LogP contribution in [0.3, 0.4) is 0 Å². The van der Waals surface area contributed by atoms with Crippen molar-refractivity contribution in [3.63, 3.8) is 0 Å². The first-order chi connectivity index (χ1) is 10.2. The molecule has 1 atom stereocenters. The van der Waals surface area contributed by atoms with Crippen LogP contribution in [0.25, 0.3) is 0 Å². The molecule has 2 rings (SSSR count). The molecule has 0 bridgehead atoms. The normalized spacial score (nSPS) is 12.1. The number of hydrogen-bond donors (Lipinski definition) is 1. The quantitative estimate of drug-likeness (QED) is 0.761. The van der Waals surface area contributed by atoms with E-state index in [-0.39, 0.29) is 5.97 Å². The minimum Gasteiger partial charge on any atom is -0.465 e. The van der Waals surface area contributed by atoms with E-state index in [1.54, 1.807) is 23.5 Å². The van der Waals surface area contributed by atoms with Crippen LogP contribution in [0, 0.1) is 0 Å². The lowest BCUT2D eigenvalue weighted by Gasteiger charge is -2.16. The molecular weight excluding hydrogens is 350 g/mol. The van der Waals surface area contributed by atoms with Crippen molar-refractivity contribution in [3.8, 4) is 0 Å². The molecule has 0 aliphatic carbocycles. The number of rotatable bonds is 6. The zero-order valence-corrected chi connectivity index (χ0v) is 14.5. The SMILES string of the molecule is CCC(NCc1ccc(C(=O)OC)cc1Br)c1cccs1. The van der Waals surface area contributed by atoms with Crippen molar-refractivity contribution < 1.29 is 9.53 Å². The second-order valence-corrected chi connectivity index (χ2v) is 6.49. The number of halogens is 1. The highest BCUT2D eigenvalue weighted by molar-refractivity contribution is 9.10. The Labute approximate surface area is 137 Å². The van der Waals surface area contributed by atoms with Gasteiger partial charge in [0.1, 0.15) is 0 Å². The van der Waals surface area contributed by atoms with E-state index in [0.717, 1.165) is 23.0 Å². The van der Waals surface area contributed by atoms with Crippen molar-refractivity contribution in [1.29, 1.82) is 0 Å². The van der Waals surface area contributed by atoms with Gasteiger partial charge < -0.3 is 10.1 Å². The fraction of sp³-hybridized carbons (Fsp3) is 0.312. The topological polar surface area (TPSA) is 38.3 Å². The van der Waals surface area contributed by atoms with Crippen LogP contribution in [0.4, 0.5) is 0 Å². The molecular formula is C16H18BrNO2S. The third-order valence-electron chi connectivity index (χ3n) is 3.31. The van der Waals surface area contributed by atoms with Crippen molar-refractivity contribution in [2.24, 2.45) is 0 Å². The van der Waals surface area contributed by atoms with E-state index >= 15 is 0 Å². The summed E-state index contributed by atoms with van der Waals surface area (Å²) in [5.74, 6) is -0.319. The average molecular weight is 368 g/mol. The van der Waals surface area contributed by atoms with E-state index in [1.165, 1.54) is 12.0 Å². The van der Waals surface area contributed by atoms with Gasteiger partial charge in [-0.2, -0.15) is 0 Å². The van der Waals surface area contributed by atoms with Crippen LogP contribution >= 0.6 is 27.3 Å². The first-order valence-corrected chi connectivity index (χ1v) is 8.46. The zero-order chi connectivity index (χ0) is 15.2. The van der Waals surface area contributed by atoms with Crippen LogP contribution in [0.15, 0.2) is 40.2 Å². The fourth-order valence-corrected chi connectivity index (χ4v) is 3.51. The Morgan fingerprint density at radius 3 is 2.81 bits per heavy atom. The molecule has 1 aromatic carbocycles. The number of benzene rings is 1. The lowest BCUT2D eigenvalue weighted by atomic mass is 10.1. The van der Waals surface area contributed by atoms with E-state index in [1.807, 2.05) is 6.07 Å². The maximum atomic E-state index is 11.5. The molecule has 21 heavy (non-hydrogen) atoms. The number of methoxy groups -OCH3 is 1. The van der Waals surface area contributed by atoms with Gasteiger partial charge >= 0.3 is 5.97 Å². The van der Waals surface area contributed by atoms with Gasteiger partial charge in [0.15, 0.2) is 0 Å². The first-order valence-electron chi connectivity index (χ1n) is 6.79. The van der Waals surface area contributed by atoms with Gasteiger partial charge in [0.2, 0.25) is 0 Å². The van der Waals surface area contributed by atoms with Gasteiger partial charge in [0.05, 0.1) is 12.7 Å². The Morgan fingerprint density at radius 1 is 1.43 bits per heavy atom. The molecule has 1 aromatic heterocycles. The number of carbonyl (C=O) groups is 1. The van der Waals surface area contributed by atoms with E-state index in [2.05, 4.69) is 45.7 Å². The average Bonchev–Trinajstić information content (AvgIpc) is 3.02. The van der Waals surface area contributed by atoms with Crippen LogP contribution < -0.4 is 5.32 Å². The molecule has 2 aromatic rings. The van der Waals surface area contributed by atoms with Crippen molar-refractivity contribution in [3.05, 3.63) is 56.2 Å². The van der Waals surface area contributed by atoms with Crippen LogP contribution in [0.1, 0.15) is 40.2 Å². The predicted octanol–water partition coefficient (Wildman–Crippen LogP) is 4.54. The van der Waals surface area contributed by atoms with E-state index in [0.29, 0.717) is 11.6 Å². The summed E-state index contributed by atoms with van der Waals surface area (Å²) in [6.07, 6.45) is 1.04. The summed E-state index contributed by atoms with van der Waals surface area (Å²) in [7, 11) is 1.39. The van der Waals surface area contributed by atoms with Crippen molar-refractivity contribution in [1.82, 2.24) is 5.32 Å². The Balaban J connectivity index is 2.04. The van der Waals surface area contributed by atoms with Gasteiger partial charge in [-0.3, -0.25) is 0 Å². The first kappa shape index (κ1) is 16.2. The molecule has 0 saturated heterocycles. The lowest BCUT2D eigenvalue weighted by Crippen LogP contribution is -2.19. The highest BCUT2D eigenvalue weighted by Gasteiger charge is 2.12. The standard InChI is InChI=1S/C16H18BrNO2S/c1-3-14(15-5-4-8-21-15)18-10-12-7-6-11(9-13(12)17)16(19)20-2/h4-9,14,18H,3,10H2,1-2H3. The lowest BCUT2D eigenvalue weighted by molar-refractivity contribution is 0.0600. The van der Waals surface area contributed by atoms with E-state index in [4.69, 9.17) is 4.74 Å². The van der Waals surface area contributed by atoms with Crippen LogP contribution in [0.5, 0.6) is 0 Å². The van der Waals surface area contributed by atoms with Gasteiger partial charge in [0, 0.05) is 21.9 Å². The van der Waals surface area contributed by atoms with Gasteiger partial charge in [-0.25, -0.2) is 4.79 Å². The summed E-state index contributed by atoms with van der Waals surface area (Å²) in [6.45, 7) is 2.92. The predicted molar refractivity (Wildman–Crippen MR) is 89.7 cm³/mol. The number of thiophene rings is 1. The highest BCUT2D eigenvalue weighted by Crippen LogP contribution is 2.24. The number of hydrogen-bond acceptors (Lipinski definition) is 4. The Morgan fingerprint density at radius 2 is 2.24 bits per heavy atom. The van der Waals surface area contributed by atoms with Crippen LogP contribution in [-0.4, -0.2) is 13.1 Å². The highest BCUT2D eigenvalue weighted by atomic mass is 79.9. The molecule has 3 nitrogen and oxygen atoms in total. The molecule has 1 N–H and O–H groups in total. The Bertz CT molecular complexity index is 598. The van der Waals surface area contributed by atoms with E-state index in [9.17, 15) is 4.79 Å². The Hall–Kier alpha value is -1.17. The number of ether oxygens (including phenoxy) is 1. The van der Waals surface area contributed by atoms with Gasteiger partial charge in [0.25, 0.3) is 0 Å². The molecule has 0 fully saturated rings. The summed E-state index contributed by atoms with van der Waals surface area (Å²) >= 11 is 5.29. The summed E-state index contributed by atoms with van der Waals surface area (Å²) in [5, 5.41) is 5.65. The minimum atomic E-state index is -0.319. The molecule has 5 heteroatoms.